The first-order chi connectivity index (χ1) is 7.10. The number of hydrogen-bond acceptors (Lipinski definition) is 2. The molecule has 0 heterocycles. The molecule has 2 nitrogen and oxygen atoms in total. The minimum atomic E-state index is -0.172. The molecule has 0 bridgehead atoms. The van der Waals surface area contributed by atoms with Crippen LogP contribution < -0.4 is 0 Å². The Morgan fingerprint density at radius 3 is 1.81 bits per heavy atom. The summed E-state index contributed by atoms with van der Waals surface area (Å²) in [5, 5.41) is 0. The zero-order chi connectivity index (χ0) is 12.3. The Bertz CT molecular complexity index is 242. The molecule has 0 N–H and O–H groups in total. The molecule has 0 aromatic carbocycles. The van der Waals surface area contributed by atoms with E-state index in [0.717, 1.165) is 5.57 Å². The number of rotatable bonds is 5. The molecule has 0 aromatic rings. The van der Waals surface area contributed by atoms with Crippen LogP contribution >= 0.6 is 17.4 Å². The van der Waals surface area contributed by atoms with Crippen LogP contribution in [0.15, 0.2) is 5.57 Å². The number of carbonyl (C=O) groups is 1. The van der Waals surface area contributed by atoms with E-state index in [0.29, 0.717) is 12.3 Å². The van der Waals surface area contributed by atoms with Gasteiger partial charge >= 0.3 is 127 Å². The molecule has 0 radical (unpaired) electrons. The minimum absolute atomic E-state index is 0. The van der Waals surface area contributed by atoms with Gasteiger partial charge in [0, 0.05) is 126 Å². The van der Waals surface area contributed by atoms with Crippen LogP contribution in [0, 0.1) is 12.0 Å². The van der Waals surface area contributed by atoms with E-state index < -0.39 is 0 Å². The summed E-state index contributed by atoms with van der Waals surface area (Å²) in [5.41, 5.74) is 0.957. The Labute approximate surface area is 248 Å². The second-order valence-corrected chi connectivity index (χ2v) is 4.70. The zero-order valence-corrected chi connectivity index (χ0v) is 39.5. The summed E-state index contributed by atoms with van der Waals surface area (Å²) < 4.78 is 6.82. The molecular weight excluding hydrogens is 1840 g/mol. The van der Waals surface area contributed by atoms with Crippen molar-refractivity contribution in [2.75, 3.05) is 0 Å². The Hall–Kier alpha value is 6.13. The third kappa shape index (κ3) is 41.6. The fourth-order valence-corrected chi connectivity index (χ4v) is 1.90. The van der Waals surface area contributed by atoms with Crippen molar-refractivity contribution in [2.24, 2.45) is 5.92 Å². The van der Waals surface area contributed by atoms with Gasteiger partial charge in [0.25, 0.3) is 0 Å². The van der Waals surface area contributed by atoms with Gasteiger partial charge in [-0.2, -0.15) is 0 Å². The predicted octanol–water partition coefficient (Wildman–Crippen LogP) is 2.02. The number of allylic oxidation sites excluding steroid dienone is 1. The van der Waals surface area contributed by atoms with Crippen LogP contribution in [0.25, 0.3) is 0 Å². The maximum atomic E-state index is 11.1. The SMILES string of the molecule is CC(C)[C-]=C([CH]=[W])CC(=O)OPP.[W].[W].[W].[W].[W].[W].[W]=[W]. The third-order valence-electron chi connectivity index (χ3n) is 1.12. The molecule has 0 spiro atoms. The summed E-state index contributed by atoms with van der Waals surface area (Å²) in [4.78, 5) is 11.1. The van der Waals surface area contributed by atoms with Gasteiger partial charge in [0.2, 0.25) is 0 Å². The molecular formula is C8H13O2P2W9-. The van der Waals surface area contributed by atoms with Crippen LogP contribution in [-0.4, -0.2) is 10.4 Å². The Kier molecular flexibility index (Phi) is 98.2. The standard InChI is InChI=1S/C8H13O2P2.9W/c1-6(2)4-7(3)5-8(9)10-12-11;;;;;;;;;/h3,6,12H,5,11H2,1-2H3;;;;;;;;;/q-1;;;;;;;;;. The van der Waals surface area contributed by atoms with E-state index in [1.165, 1.54) is 19.4 Å². The summed E-state index contributed by atoms with van der Waals surface area (Å²) in [7, 11) is 2.54. The van der Waals surface area contributed by atoms with E-state index in [4.69, 9.17) is 4.52 Å². The molecule has 122 valence electrons. The molecule has 13 heteroatoms. The molecule has 0 saturated carbocycles. The molecule has 0 saturated heterocycles. The summed E-state index contributed by atoms with van der Waals surface area (Å²) >= 11 is 4.67. The van der Waals surface area contributed by atoms with Crippen molar-refractivity contribution in [3.63, 3.8) is 0 Å². The van der Waals surface area contributed by atoms with Crippen LogP contribution in [0.1, 0.15) is 20.3 Å². The van der Waals surface area contributed by atoms with Gasteiger partial charge in [0.15, 0.2) is 0 Å². The number of hydrogen-bond donors (Lipinski definition) is 0. The molecule has 0 aliphatic heterocycles. The fraction of sp³-hybridized carbons (Fsp3) is 0.500. The molecule has 0 amide bonds. The van der Waals surface area contributed by atoms with Gasteiger partial charge in [-0.15, -0.1) is 0 Å². The van der Waals surface area contributed by atoms with Gasteiger partial charge in [-0.3, -0.25) is 0 Å². The zero-order valence-electron chi connectivity index (χ0n) is 10.9. The monoisotopic (exact) mass is 1860 g/mol. The van der Waals surface area contributed by atoms with Gasteiger partial charge in [-0.05, 0) is 0 Å². The van der Waals surface area contributed by atoms with E-state index in [9.17, 15) is 4.79 Å². The summed E-state index contributed by atoms with van der Waals surface area (Å²) in [5.74, 6) is 0.186. The summed E-state index contributed by atoms with van der Waals surface area (Å²) in [6.07, 6.45) is 3.55. The first kappa shape index (κ1) is 50.6. The third-order valence-corrected chi connectivity index (χ3v) is 2.85. The molecule has 0 rings (SSSR count). The molecule has 2 atom stereocenters. The van der Waals surface area contributed by atoms with Gasteiger partial charge in [-0.25, -0.2) is 0 Å². The van der Waals surface area contributed by atoms with Gasteiger partial charge in [0.05, 0.1) is 0 Å². The summed E-state index contributed by atoms with van der Waals surface area (Å²) in [6.45, 7) is 4.09. The van der Waals surface area contributed by atoms with Crippen molar-refractivity contribution in [3.05, 3.63) is 11.6 Å². The first-order valence-electron chi connectivity index (χ1n) is 3.99. The van der Waals surface area contributed by atoms with Crippen LogP contribution in [-0.2, 0) is 188 Å². The molecule has 0 fully saturated rings. The van der Waals surface area contributed by atoms with Crippen LogP contribution in [0.3, 0.4) is 0 Å². The van der Waals surface area contributed by atoms with Crippen molar-refractivity contribution in [2.45, 2.75) is 20.3 Å². The van der Waals surface area contributed by atoms with Crippen molar-refractivity contribution in [3.8, 4) is 0 Å². The van der Waals surface area contributed by atoms with Crippen molar-refractivity contribution < 1.29 is 188 Å². The van der Waals surface area contributed by atoms with Crippen LogP contribution in [0.4, 0.5) is 0 Å². The first-order valence-corrected chi connectivity index (χ1v) is 19.4. The topological polar surface area (TPSA) is 26.3 Å². The van der Waals surface area contributed by atoms with Crippen molar-refractivity contribution >= 4 is 27.8 Å². The average Bonchev–Trinajstić information content (AvgIpc) is 2.19. The van der Waals surface area contributed by atoms with E-state index >= 15 is 0 Å². The maximum absolute atomic E-state index is 11.1. The fourth-order valence-electron chi connectivity index (χ4n) is 0.755. The van der Waals surface area contributed by atoms with Gasteiger partial charge in [-0.1, -0.05) is 0 Å². The molecule has 0 aliphatic carbocycles. The van der Waals surface area contributed by atoms with Crippen molar-refractivity contribution in [1.29, 1.82) is 0 Å². The van der Waals surface area contributed by atoms with E-state index in [2.05, 4.69) is 15.0 Å². The Morgan fingerprint density at radius 2 is 1.57 bits per heavy atom. The van der Waals surface area contributed by atoms with Crippen LogP contribution in [0.2, 0.25) is 0 Å². The van der Waals surface area contributed by atoms with E-state index in [1.54, 1.807) is 32.4 Å². The molecule has 21 heavy (non-hydrogen) atoms. The predicted molar refractivity (Wildman–Crippen MR) is 56.4 cm³/mol. The van der Waals surface area contributed by atoms with Crippen LogP contribution in [0.5, 0.6) is 0 Å². The van der Waals surface area contributed by atoms with E-state index in [-0.39, 0.29) is 141 Å². The van der Waals surface area contributed by atoms with E-state index in [1.807, 2.05) is 18.2 Å². The Morgan fingerprint density at radius 1 is 1.19 bits per heavy atom. The molecule has 0 aromatic heterocycles. The second-order valence-electron chi connectivity index (χ2n) is 2.71. The van der Waals surface area contributed by atoms with Gasteiger partial charge in [0.1, 0.15) is 0 Å². The molecule has 0 aliphatic rings. The second kappa shape index (κ2) is 40.7. The van der Waals surface area contributed by atoms with Crippen molar-refractivity contribution in [1.82, 2.24) is 0 Å². The Balaban J connectivity index is -0.0000000336. The molecule has 2 unspecified atom stereocenters. The average molecular weight is 1860 g/mol. The summed E-state index contributed by atoms with van der Waals surface area (Å²) in [6, 6.07) is 0. The number of carbonyl (C=O) groups excluding carboxylic acids is 1. The van der Waals surface area contributed by atoms with Gasteiger partial charge < -0.3 is 0 Å². The normalized spacial score (nSPS) is 7.90. The quantitative estimate of drug-likeness (QED) is 0.312.